The predicted molar refractivity (Wildman–Crippen MR) is 26.6 cm³/mol. The summed E-state index contributed by atoms with van der Waals surface area (Å²) in [7, 11) is 0. The maximum Gasteiger partial charge on any atom is 0.113 e. The Morgan fingerprint density at radius 2 is 2.50 bits per heavy atom. The Labute approximate surface area is 43.1 Å². The van der Waals surface area contributed by atoms with Gasteiger partial charge in [0.25, 0.3) is 0 Å². The monoisotopic (exact) mass is 103 g/mol. The van der Waals surface area contributed by atoms with E-state index in [1.54, 1.807) is 0 Å². The first-order valence-electron chi connectivity index (χ1n) is 2.17. The topological polar surface area (TPSA) is 9.23 Å². The molecule has 6 heavy (non-hydrogen) atoms. The average Bonchev–Trinajstić information content (AvgIpc) is 1.86. The molecule has 0 N–H and O–H groups in total. The number of hydrogen-bond acceptors (Lipinski definition) is 1. The van der Waals surface area contributed by atoms with Gasteiger partial charge >= 0.3 is 0 Å². The predicted octanol–water partition coefficient (Wildman–Crippen LogP) is 1.32. The Kier molecular flexibility index (Phi) is 1.37. The summed E-state index contributed by atoms with van der Waals surface area (Å²) < 4.78 is 4.97. The van der Waals surface area contributed by atoms with Gasteiger partial charge in [-0.2, -0.15) is 0 Å². The van der Waals surface area contributed by atoms with Crippen LogP contribution in [0.25, 0.3) is 0 Å². The summed E-state index contributed by atoms with van der Waals surface area (Å²) in [5.74, 6) is 0. The first-order chi connectivity index (χ1) is 2.89. The molecule has 0 aromatic rings. The molecular formula is C4H7OS. The molecule has 0 aromatic heterocycles. The van der Waals surface area contributed by atoms with Gasteiger partial charge in [-0.15, -0.1) is 0 Å². The summed E-state index contributed by atoms with van der Waals surface area (Å²) in [5.41, 5.74) is 0.130. The molecule has 2 heteroatoms. The van der Waals surface area contributed by atoms with E-state index >= 15 is 0 Å². The van der Waals surface area contributed by atoms with Gasteiger partial charge in [0.1, 0.15) is 5.44 Å². The Hall–Kier alpha value is 0.310. The van der Waals surface area contributed by atoms with Crippen molar-refractivity contribution in [2.75, 3.05) is 6.61 Å². The van der Waals surface area contributed by atoms with Crippen LogP contribution in [0.5, 0.6) is 0 Å². The Morgan fingerprint density at radius 1 is 1.67 bits per heavy atom. The van der Waals surface area contributed by atoms with Crippen molar-refractivity contribution < 1.29 is 4.74 Å². The number of rotatable bonds is 0. The highest BCUT2D eigenvalue weighted by Gasteiger charge is 2.09. The lowest BCUT2D eigenvalue weighted by molar-refractivity contribution is 0.175. The van der Waals surface area contributed by atoms with Gasteiger partial charge in [-0.05, 0) is 12.8 Å². The molecule has 1 saturated heterocycles. The molecule has 0 saturated carbocycles. The van der Waals surface area contributed by atoms with Crippen LogP contribution in [-0.2, 0) is 4.74 Å². The van der Waals surface area contributed by atoms with Crippen LogP contribution in [0.2, 0.25) is 0 Å². The van der Waals surface area contributed by atoms with Gasteiger partial charge < -0.3 is 4.74 Å². The largest absolute Gasteiger partial charge is 0.367 e. The van der Waals surface area contributed by atoms with Crippen LogP contribution in [0.15, 0.2) is 0 Å². The molecule has 1 heterocycles. The third kappa shape index (κ3) is 0.884. The molecule has 35 valence electrons. The van der Waals surface area contributed by atoms with Gasteiger partial charge in [-0.1, -0.05) is 12.6 Å². The first-order valence-corrected chi connectivity index (χ1v) is 2.64. The van der Waals surface area contributed by atoms with Crippen molar-refractivity contribution in [3.63, 3.8) is 0 Å². The van der Waals surface area contributed by atoms with Crippen LogP contribution in [0.3, 0.4) is 0 Å². The summed E-state index contributed by atoms with van der Waals surface area (Å²) in [4.78, 5) is 0. The van der Waals surface area contributed by atoms with Crippen LogP contribution in [0.1, 0.15) is 12.8 Å². The van der Waals surface area contributed by atoms with Crippen LogP contribution in [0, 0.1) is 0 Å². The highest BCUT2D eigenvalue weighted by molar-refractivity contribution is 7.80. The smallest absolute Gasteiger partial charge is 0.113 e. The first kappa shape index (κ1) is 4.47. The van der Waals surface area contributed by atoms with Gasteiger partial charge in [0.15, 0.2) is 0 Å². The Morgan fingerprint density at radius 3 is 2.67 bits per heavy atom. The number of ether oxygens (including phenoxy) is 1. The van der Waals surface area contributed by atoms with E-state index in [0.29, 0.717) is 0 Å². The molecular weight excluding hydrogens is 96.1 g/mol. The van der Waals surface area contributed by atoms with Gasteiger partial charge in [0.05, 0.1) is 0 Å². The molecule has 0 aromatic carbocycles. The third-order valence-corrected chi connectivity index (χ3v) is 1.26. The zero-order valence-corrected chi connectivity index (χ0v) is 4.33. The van der Waals surface area contributed by atoms with Crippen LogP contribution in [-0.4, -0.2) is 12.0 Å². The fourth-order valence-corrected chi connectivity index (χ4v) is 0.811. The maximum atomic E-state index is 4.97. The average molecular weight is 103 g/mol. The van der Waals surface area contributed by atoms with Crippen LogP contribution < -0.4 is 0 Å². The van der Waals surface area contributed by atoms with Gasteiger partial charge in [0, 0.05) is 6.61 Å². The normalized spacial score (nSPS) is 34.5. The minimum Gasteiger partial charge on any atom is -0.367 e. The fourth-order valence-electron chi connectivity index (χ4n) is 0.548. The summed E-state index contributed by atoms with van der Waals surface area (Å²) in [6.07, 6.45) is 2.24. The van der Waals surface area contributed by atoms with E-state index in [9.17, 15) is 0 Å². The molecule has 1 unspecified atom stereocenters. The van der Waals surface area contributed by atoms with E-state index in [-0.39, 0.29) is 5.44 Å². The maximum absolute atomic E-state index is 4.97. The van der Waals surface area contributed by atoms with Crippen molar-refractivity contribution in [1.82, 2.24) is 0 Å². The molecule has 1 fully saturated rings. The SMILES string of the molecule is [S]C1CCCO1. The van der Waals surface area contributed by atoms with Crippen molar-refractivity contribution in [2.45, 2.75) is 18.3 Å². The second kappa shape index (κ2) is 1.85. The summed E-state index contributed by atoms with van der Waals surface area (Å²) in [6.45, 7) is 0.883. The van der Waals surface area contributed by atoms with Gasteiger partial charge in [0.2, 0.25) is 0 Å². The third-order valence-electron chi connectivity index (χ3n) is 0.888. The highest BCUT2D eigenvalue weighted by Crippen LogP contribution is 2.13. The minimum atomic E-state index is 0.130. The molecule has 1 rings (SSSR count). The van der Waals surface area contributed by atoms with E-state index < -0.39 is 0 Å². The van der Waals surface area contributed by atoms with Crippen molar-refractivity contribution in [3.8, 4) is 0 Å². The highest BCUT2D eigenvalue weighted by atomic mass is 32.1. The molecule has 1 aliphatic heterocycles. The minimum absolute atomic E-state index is 0.130. The van der Waals surface area contributed by atoms with Crippen molar-refractivity contribution in [2.24, 2.45) is 0 Å². The van der Waals surface area contributed by atoms with Gasteiger partial charge in [-0.3, -0.25) is 0 Å². The van der Waals surface area contributed by atoms with Crippen molar-refractivity contribution >= 4 is 12.6 Å². The summed E-state index contributed by atoms with van der Waals surface area (Å²) in [5, 5.41) is 0. The summed E-state index contributed by atoms with van der Waals surface area (Å²) >= 11 is 4.78. The second-order valence-corrected chi connectivity index (χ2v) is 1.97. The second-order valence-electron chi connectivity index (χ2n) is 1.44. The zero-order valence-electron chi connectivity index (χ0n) is 3.52. The van der Waals surface area contributed by atoms with Gasteiger partial charge in [-0.25, -0.2) is 0 Å². The van der Waals surface area contributed by atoms with Crippen LogP contribution in [0.4, 0.5) is 0 Å². The summed E-state index contributed by atoms with van der Waals surface area (Å²) in [6, 6.07) is 0. The molecule has 0 aliphatic carbocycles. The lowest BCUT2D eigenvalue weighted by atomic mass is 10.4. The van der Waals surface area contributed by atoms with Crippen molar-refractivity contribution in [3.05, 3.63) is 0 Å². The molecule has 1 nitrogen and oxygen atoms in total. The molecule has 1 aliphatic rings. The van der Waals surface area contributed by atoms with E-state index in [2.05, 4.69) is 0 Å². The lowest BCUT2D eigenvalue weighted by Crippen LogP contribution is -1.90. The molecule has 0 spiro atoms. The van der Waals surface area contributed by atoms with E-state index in [1.807, 2.05) is 0 Å². The Balaban J connectivity index is 2.18. The quantitative estimate of drug-likeness (QED) is 0.449. The lowest BCUT2D eigenvalue weighted by Gasteiger charge is -1.91. The van der Waals surface area contributed by atoms with E-state index in [0.717, 1.165) is 19.4 Å². The molecule has 1 atom stereocenters. The van der Waals surface area contributed by atoms with E-state index in [1.165, 1.54) is 0 Å². The zero-order chi connectivity index (χ0) is 4.41. The standard InChI is InChI=1S/C4H7OS/c6-4-2-1-3-5-4/h4H,1-3H2. The molecule has 0 bridgehead atoms. The van der Waals surface area contributed by atoms with Crippen molar-refractivity contribution in [1.29, 1.82) is 0 Å². The van der Waals surface area contributed by atoms with Crippen LogP contribution >= 0.6 is 12.6 Å². The molecule has 0 amide bonds. The Bertz CT molecular complexity index is 40.8. The molecule has 1 radical (unpaired) electrons. The fraction of sp³-hybridized carbons (Fsp3) is 1.00. The number of hydrogen-bond donors (Lipinski definition) is 0. The van der Waals surface area contributed by atoms with E-state index in [4.69, 9.17) is 17.4 Å².